The van der Waals surface area contributed by atoms with Crippen molar-refractivity contribution >= 4 is 22.5 Å². The molecule has 160 valence electrons. The number of methoxy groups -OCH3 is 1. The highest BCUT2D eigenvalue weighted by Crippen LogP contribution is 2.28. The average Bonchev–Trinajstić information content (AvgIpc) is 3.38. The van der Waals surface area contributed by atoms with Gasteiger partial charge in [0.05, 0.1) is 23.7 Å². The number of ether oxygens (including phenoxy) is 2. The molecule has 5 aromatic rings. The van der Waals surface area contributed by atoms with Gasteiger partial charge in [-0.3, -0.25) is 20.1 Å². The van der Waals surface area contributed by atoms with Crippen molar-refractivity contribution in [3.05, 3.63) is 70.6 Å². The Balaban J connectivity index is 1.52. The van der Waals surface area contributed by atoms with Gasteiger partial charge in [0.1, 0.15) is 17.3 Å². The number of H-pyrrole nitrogens is 3. The predicted molar refractivity (Wildman–Crippen MR) is 120 cm³/mol. The number of aryl methyl sites for hydroxylation is 1. The van der Waals surface area contributed by atoms with Crippen LogP contribution in [0.3, 0.4) is 0 Å². The van der Waals surface area contributed by atoms with Gasteiger partial charge in [0.25, 0.3) is 5.56 Å². The Kier molecular flexibility index (Phi) is 4.79. The zero-order chi connectivity index (χ0) is 22.1. The van der Waals surface area contributed by atoms with E-state index in [1.807, 2.05) is 43.3 Å². The lowest BCUT2D eigenvalue weighted by atomic mass is 10.1. The molecule has 32 heavy (non-hydrogen) atoms. The summed E-state index contributed by atoms with van der Waals surface area (Å²) in [6.45, 7) is 1.91. The highest BCUT2D eigenvalue weighted by molar-refractivity contribution is 5.79. The number of hydrogen-bond donors (Lipinski definition) is 4. The molecule has 5 rings (SSSR count). The summed E-state index contributed by atoms with van der Waals surface area (Å²) < 4.78 is 11.2. The van der Waals surface area contributed by atoms with E-state index < -0.39 is 0 Å². The Hall–Kier alpha value is -4.60. The van der Waals surface area contributed by atoms with Crippen LogP contribution >= 0.6 is 0 Å². The molecule has 0 saturated heterocycles. The SMILES string of the molecule is COc1ccc(-c2cc(Nc3cc(C)[nH]n3)nc(Oc3ccc4c(=O)[nH][nH]c4c3)n2)cc1. The Bertz CT molecular complexity index is 1450. The summed E-state index contributed by atoms with van der Waals surface area (Å²) in [6, 6.07) is 16.4. The van der Waals surface area contributed by atoms with Crippen LogP contribution in [-0.4, -0.2) is 37.5 Å². The van der Waals surface area contributed by atoms with E-state index in [1.54, 1.807) is 25.3 Å². The van der Waals surface area contributed by atoms with Crippen molar-refractivity contribution in [2.45, 2.75) is 6.92 Å². The van der Waals surface area contributed by atoms with Gasteiger partial charge in [-0.2, -0.15) is 15.1 Å². The van der Waals surface area contributed by atoms with Crippen molar-refractivity contribution in [1.82, 2.24) is 30.4 Å². The molecule has 0 aliphatic heterocycles. The van der Waals surface area contributed by atoms with Crippen LogP contribution in [0, 0.1) is 6.92 Å². The number of benzene rings is 2. The third-order valence-corrected chi connectivity index (χ3v) is 4.81. The molecule has 3 aromatic heterocycles. The molecule has 0 fully saturated rings. The van der Waals surface area contributed by atoms with E-state index in [0.29, 0.717) is 34.0 Å². The maximum absolute atomic E-state index is 11.7. The van der Waals surface area contributed by atoms with Crippen LogP contribution in [0.5, 0.6) is 17.5 Å². The molecule has 0 amide bonds. The van der Waals surface area contributed by atoms with Gasteiger partial charge < -0.3 is 14.8 Å². The average molecular weight is 429 g/mol. The minimum atomic E-state index is -0.190. The molecule has 0 radical (unpaired) electrons. The molecule has 10 nitrogen and oxygen atoms in total. The van der Waals surface area contributed by atoms with Crippen LogP contribution in [-0.2, 0) is 0 Å². The van der Waals surface area contributed by atoms with Crippen LogP contribution in [0.15, 0.2) is 59.4 Å². The fraction of sp³-hybridized carbons (Fsp3) is 0.0909. The van der Waals surface area contributed by atoms with E-state index in [9.17, 15) is 4.79 Å². The summed E-state index contributed by atoms with van der Waals surface area (Å²) in [4.78, 5) is 20.8. The van der Waals surface area contributed by atoms with E-state index in [4.69, 9.17) is 9.47 Å². The Labute approximate surface area is 181 Å². The molecule has 0 bridgehead atoms. The first kappa shape index (κ1) is 19.4. The summed E-state index contributed by atoms with van der Waals surface area (Å²) in [5, 5.41) is 16.2. The second kappa shape index (κ2) is 7.91. The van der Waals surface area contributed by atoms with Crippen molar-refractivity contribution in [3.63, 3.8) is 0 Å². The van der Waals surface area contributed by atoms with Gasteiger partial charge in [0, 0.05) is 29.5 Å². The molecular formula is C22H19N7O3. The molecule has 0 saturated carbocycles. The normalized spacial score (nSPS) is 10.9. The summed E-state index contributed by atoms with van der Waals surface area (Å²) in [5.41, 5.74) is 2.88. The van der Waals surface area contributed by atoms with Crippen molar-refractivity contribution < 1.29 is 9.47 Å². The van der Waals surface area contributed by atoms with Crippen molar-refractivity contribution in [2.75, 3.05) is 12.4 Å². The fourth-order valence-corrected chi connectivity index (χ4v) is 3.24. The molecule has 2 aromatic carbocycles. The number of aromatic nitrogens is 6. The largest absolute Gasteiger partial charge is 0.497 e. The summed E-state index contributed by atoms with van der Waals surface area (Å²) in [7, 11) is 1.62. The topological polar surface area (TPSA) is 134 Å². The molecule has 0 atom stereocenters. The lowest BCUT2D eigenvalue weighted by molar-refractivity contribution is 0.415. The quantitative estimate of drug-likeness (QED) is 0.322. The van der Waals surface area contributed by atoms with Gasteiger partial charge in [0.15, 0.2) is 5.82 Å². The minimum Gasteiger partial charge on any atom is -0.497 e. The zero-order valence-electron chi connectivity index (χ0n) is 17.3. The van der Waals surface area contributed by atoms with Crippen LogP contribution in [0.1, 0.15) is 5.69 Å². The first-order chi connectivity index (χ1) is 15.6. The number of anilines is 2. The number of aromatic amines is 3. The first-order valence-electron chi connectivity index (χ1n) is 9.78. The van der Waals surface area contributed by atoms with Crippen molar-refractivity contribution in [1.29, 1.82) is 0 Å². The van der Waals surface area contributed by atoms with Gasteiger partial charge >= 0.3 is 6.01 Å². The lowest BCUT2D eigenvalue weighted by Crippen LogP contribution is -2.00. The maximum atomic E-state index is 11.7. The van der Waals surface area contributed by atoms with Gasteiger partial charge in [0.2, 0.25) is 0 Å². The van der Waals surface area contributed by atoms with E-state index in [2.05, 4.69) is 35.7 Å². The van der Waals surface area contributed by atoms with Crippen LogP contribution in [0.25, 0.3) is 22.2 Å². The number of fused-ring (bicyclic) bond motifs is 1. The van der Waals surface area contributed by atoms with Gasteiger partial charge in [-0.1, -0.05) is 0 Å². The Morgan fingerprint density at radius 3 is 2.47 bits per heavy atom. The third kappa shape index (κ3) is 3.88. The second-order valence-electron chi connectivity index (χ2n) is 7.10. The first-order valence-corrected chi connectivity index (χ1v) is 9.78. The highest BCUT2D eigenvalue weighted by Gasteiger charge is 2.12. The Morgan fingerprint density at radius 1 is 0.906 bits per heavy atom. The highest BCUT2D eigenvalue weighted by atomic mass is 16.5. The van der Waals surface area contributed by atoms with Crippen LogP contribution < -0.4 is 20.3 Å². The van der Waals surface area contributed by atoms with E-state index in [1.165, 1.54) is 0 Å². The van der Waals surface area contributed by atoms with Gasteiger partial charge in [-0.05, 0) is 43.3 Å². The number of hydrogen-bond acceptors (Lipinski definition) is 7. The molecule has 3 heterocycles. The lowest BCUT2D eigenvalue weighted by Gasteiger charge is -2.10. The van der Waals surface area contributed by atoms with E-state index in [-0.39, 0.29) is 11.6 Å². The molecule has 4 N–H and O–H groups in total. The van der Waals surface area contributed by atoms with Crippen LogP contribution in [0.4, 0.5) is 11.6 Å². The van der Waals surface area contributed by atoms with Crippen molar-refractivity contribution in [3.8, 4) is 28.8 Å². The Morgan fingerprint density at radius 2 is 1.72 bits per heavy atom. The number of nitrogens with zero attached hydrogens (tertiary/aromatic N) is 3. The summed E-state index contributed by atoms with van der Waals surface area (Å²) >= 11 is 0. The molecular weight excluding hydrogens is 410 g/mol. The standard InChI is InChI=1S/C22H19N7O3/c1-12-9-20(28-26-12)24-19-11-17(13-3-5-14(31-2)6-4-13)23-22(25-19)32-15-7-8-16-18(10-15)27-29-21(16)30/h3-11H,1-2H3,(H2,27,29,30)(H2,23,24,25,26,28). The predicted octanol–water partition coefficient (Wildman–Crippen LogP) is 3.89. The van der Waals surface area contributed by atoms with E-state index in [0.717, 1.165) is 17.0 Å². The molecule has 0 unspecified atom stereocenters. The molecule has 0 aliphatic rings. The second-order valence-corrected chi connectivity index (χ2v) is 7.10. The smallest absolute Gasteiger partial charge is 0.324 e. The number of rotatable bonds is 6. The van der Waals surface area contributed by atoms with Gasteiger partial charge in [-0.25, -0.2) is 0 Å². The fourth-order valence-electron chi connectivity index (χ4n) is 3.24. The zero-order valence-corrected chi connectivity index (χ0v) is 17.3. The molecule has 10 heteroatoms. The minimum absolute atomic E-state index is 0.144. The molecule has 0 spiro atoms. The summed E-state index contributed by atoms with van der Waals surface area (Å²) in [6.07, 6.45) is 0. The molecule has 0 aliphatic carbocycles. The third-order valence-electron chi connectivity index (χ3n) is 4.81. The number of nitrogens with one attached hydrogen (secondary N) is 4. The van der Waals surface area contributed by atoms with Crippen LogP contribution in [0.2, 0.25) is 0 Å². The van der Waals surface area contributed by atoms with Crippen molar-refractivity contribution in [2.24, 2.45) is 0 Å². The van der Waals surface area contributed by atoms with Gasteiger partial charge in [-0.15, -0.1) is 0 Å². The monoisotopic (exact) mass is 429 g/mol. The maximum Gasteiger partial charge on any atom is 0.324 e. The summed E-state index contributed by atoms with van der Waals surface area (Å²) in [5.74, 6) is 2.38. The van der Waals surface area contributed by atoms with E-state index >= 15 is 0 Å².